The molecule has 4 rings (SSSR count). The van der Waals surface area contributed by atoms with E-state index in [0.29, 0.717) is 28.6 Å². The fourth-order valence-corrected chi connectivity index (χ4v) is 3.74. The number of rotatable bonds is 6. The van der Waals surface area contributed by atoms with Crippen molar-refractivity contribution in [3.63, 3.8) is 0 Å². The summed E-state index contributed by atoms with van der Waals surface area (Å²) in [6, 6.07) is 13.0. The van der Waals surface area contributed by atoms with Crippen molar-refractivity contribution in [2.45, 2.75) is 26.2 Å². The summed E-state index contributed by atoms with van der Waals surface area (Å²) in [6.07, 6.45) is 3.50. The number of carbonyl (C=O) groups is 3. The second-order valence-corrected chi connectivity index (χ2v) is 8.39. The van der Waals surface area contributed by atoms with Crippen LogP contribution in [0.2, 0.25) is 0 Å². The monoisotopic (exact) mass is 491 g/mol. The molecule has 0 saturated carbocycles. The third-order valence-electron chi connectivity index (χ3n) is 5.55. The Morgan fingerprint density at radius 3 is 2.47 bits per heavy atom. The second kappa shape index (κ2) is 11.3. The molecule has 1 aliphatic rings. The molecule has 2 heterocycles. The van der Waals surface area contributed by atoms with Crippen LogP contribution in [-0.4, -0.2) is 40.9 Å². The minimum absolute atomic E-state index is 0.0497. The molecule has 0 spiro atoms. The highest BCUT2D eigenvalue weighted by molar-refractivity contribution is 6.01. The zero-order valence-corrected chi connectivity index (χ0v) is 19.7. The Hall–Kier alpha value is -4.47. The number of nitrogens with one attached hydrogen (secondary N) is 3. The number of pyridine rings is 1. The van der Waals surface area contributed by atoms with E-state index in [1.54, 1.807) is 41.4 Å². The van der Waals surface area contributed by atoms with Crippen LogP contribution in [0.1, 0.15) is 24.0 Å². The van der Waals surface area contributed by atoms with Crippen LogP contribution < -0.4 is 20.7 Å². The molecule has 0 aliphatic carbocycles. The number of aromatic nitrogens is 1. The van der Waals surface area contributed by atoms with E-state index in [-0.39, 0.29) is 12.5 Å². The van der Waals surface area contributed by atoms with Crippen molar-refractivity contribution in [3.8, 4) is 11.5 Å². The number of ether oxygens (including phenoxy) is 1. The molecule has 1 fully saturated rings. The van der Waals surface area contributed by atoms with E-state index in [9.17, 15) is 18.8 Å². The summed E-state index contributed by atoms with van der Waals surface area (Å²) in [7, 11) is 0. The molecule has 2 aromatic carbocycles. The molecule has 0 unspecified atom stereocenters. The van der Waals surface area contributed by atoms with Gasteiger partial charge in [0.15, 0.2) is 0 Å². The van der Waals surface area contributed by atoms with Gasteiger partial charge in [-0.05, 0) is 67.3 Å². The van der Waals surface area contributed by atoms with Gasteiger partial charge in [-0.25, -0.2) is 19.0 Å². The number of hydrogen-bond acceptors (Lipinski definition) is 5. The van der Waals surface area contributed by atoms with Crippen molar-refractivity contribution in [2.24, 2.45) is 0 Å². The lowest BCUT2D eigenvalue weighted by Crippen LogP contribution is -2.35. The highest BCUT2D eigenvalue weighted by Gasteiger charge is 2.18. The molecular formula is C26H26FN5O4. The van der Waals surface area contributed by atoms with E-state index in [4.69, 9.17) is 4.74 Å². The lowest BCUT2D eigenvalue weighted by molar-refractivity contribution is -0.119. The topological polar surface area (TPSA) is 113 Å². The van der Waals surface area contributed by atoms with Gasteiger partial charge in [0.25, 0.3) is 0 Å². The van der Waals surface area contributed by atoms with Gasteiger partial charge in [0.2, 0.25) is 5.91 Å². The van der Waals surface area contributed by atoms with Gasteiger partial charge in [-0.2, -0.15) is 0 Å². The number of aryl methyl sites for hydroxylation is 1. The molecular weight excluding hydrogens is 465 g/mol. The van der Waals surface area contributed by atoms with Crippen molar-refractivity contribution in [3.05, 3.63) is 77.7 Å². The molecule has 9 nitrogen and oxygen atoms in total. The Kier molecular flexibility index (Phi) is 7.74. The van der Waals surface area contributed by atoms with Gasteiger partial charge in [0.05, 0.1) is 6.42 Å². The van der Waals surface area contributed by atoms with Gasteiger partial charge in [-0.1, -0.05) is 12.1 Å². The fraction of sp³-hybridized carbons (Fsp3) is 0.231. The molecule has 3 aromatic rings. The normalized spacial score (nSPS) is 12.7. The average molecular weight is 492 g/mol. The van der Waals surface area contributed by atoms with E-state index in [1.165, 1.54) is 24.3 Å². The van der Waals surface area contributed by atoms with Crippen molar-refractivity contribution in [1.29, 1.82) is 0 Å². The van der Waals surface area contributed by atoms with Gasteiger partial charge in [-0.15, -0.1) is 0 Å². The van der Waals surface area contributed by atoms with Crippen molar-refractivity contribution >= 4 is 29.5 Å². The van der Waals surface area contributed by atoms with Crippen LogP contribution in [-0.2, 0) is 11.2 Å². The fourth-order valence-electron chi connectivity index (χ4n) is 3.74. The van der Waals surface area contributed by atoms with Crippen molar-refractivity contribution < 1.29 is 23.5 Å². The van der Waals surface area contributed by atoms with E-state index < -0.39 is 17.8 Å². The quantitative estimate of drug-likeness (QED) is 0.457. The molecule has 0 atom stereocenters. The summed E-state index contributed by atoms with van der Waals surface area (Å²) < 4.78 is 18.9. The maximum atomic E-state index is 13.0. The van der Waals surface area contributed by atoms with Crippen LogP contribution in [0.15, 0.2) is 60.8 Å². The average Bonchev–Trinajstić information content (AvgIpc) is 3.38. The Morgan fingerprint density at radius 2 is 1.75 bits per heavy atom. The number of amides is 5. The molecule has 3 N–H and O–H groups in total. The van der Waals surface area contributed by atoms with E-state index in [1.807, 2.05) is 6.92 Å². The van der Waals surface area contributed by atoms with Crippen LogP contribution in [0.5, 0.6) is 11.5 Å². The Labute approximate surface area is 207 Å². The first-order chi connectivity index (χ1) is 17.4. The summed E-state index contributed by atoms with van der Waals surface area (Å²) >= 11 is 0. The van der Waals surface area contributed by atoms with Crippen molar-refractivity contribution in [2.75, 3.05) is 23.7 Å². The van der Waals surface area contributed by atoms with Gasteiger partial charge < -0.3 is 15.0 Å². The second-order valence-electron chi connectivity index (χ2n) is 8.39. The van der Waals surface area contributed by atoms with Gasteiger partial charge in [0, 0.05) is 31.0 Å². The third-order valence-corrected chi connectivity index (χ3v) is 5.55. The van der Waals surface area contributed by atoms with Gasteiger partial charge in [0.1, 0.15) is 23.1 Å². The molecule has 186 valence electrons. The molecule has 5 amide bonds. The Bertz CT molecular complexity index is 1260. The van der Waals surface area contributed by atoms with E-state index in [0.717, 1.165) is 31.5 Å². The zero-order valence-electron chi connectivity index (χ0n) is 19.7. The Balaban J connectivity index is 1.31. The molecule has 0 bridgehead atoms. The lowest BCUT2D eigenvalue weighted by Gasteiger charge is -2.16. The minimum atomic E-state index is -0.678. The SMILES string of the molecule is Cc1cc(NC(=O)NC(=O)Cc2ccc(F)cc2)ccc1Oc1ccnc(NC(=O)N2CCCC2)c1. The highest BCUT2D eigenvalue weighted by atomic mass is 19.1. The minimum Gasteiger partial charge on any atom is -0.457 e. The van der Waals surface area contributed by atoms with E-state index in [2.05, 4.69) is 20.9 Å². The number of urea groups is 2. The predicted molar refractivity (Wildman–Crippen MR) is 133 cm³/mol. The molecule has 1 saturated heterocycles. The number of halogens is 1. The number of nitrogens with zero attached hydrogens (tertiary/aromatic N) is 2. The van der Waals surface area contributed by atoms with Crippen LogP contribution in [0, 0.1) is 12.7 Å². The summed E-state index contributed by atoms with van der Waals surface area (Å²) in [5.41, 5.74) is 1.80. The first-order valence-corrected chi connectivity index (χ1v) is 11.5. The largest absolute Gasteiger partial charge is 0.457 e. The van der Waals surface area contributed by atoms with Crippen LogP contribution >= 0.6 is 0 Å². The van der Waals surface area contributed by atoms with Gasteiger partial charge >= 0.3 is 12.1 Å². The van der Waals surface area contributed by atoms with Crippen molar-refractivity contribution in [1.82, 2.24) is 15.2 Å². The summed E-state index contributed by atoms with van der Waals surface area (Å²) in [4.78, 5) is 42.5. The van der Waals surface area contributed by atoms with Crippen LogP contribution in [0.3, 0.4) is 0 Å². The molecule has 36 heavy (non-hydrogen) atoms. The molecule has 1 aliphatic heterocycles. The smallest absolute Gasteiger partial charge is 0.325 e. The van der Waals surface area contributed by atoms with Crippen LogP contribution in [0.4, 0.5) is 25.5 Å². The maximum Gasteiger partial charge on any atom is 0.325 e. The third kappa shape index (κ3) is 6.78. The number of imide groups is 1. The van der Waals surface area contributed by atoms with E-state index >= 15 is 0 Å². The molecule has 10 heteroatoms. The molecule has 1 aromatic heterocycles. The zero-order chi connectivity index (χ0) is 25.5. The maximum absolute atomic E-state index is 13.0. The summed E-state index contributed by atoms with van der Waals surface area (Å²) in [5, 5.41) is 7.64. The first-order valence-electron chi connectivity index (χ1n) is 11.5. The predicted octanol–water partition coefficient (Wildman–Crippen LogP) is 4.84. The number of anilines is 2. The van der Waals surface area contributed by atoms with Crippen LogP contribution in [0.25, 0.3) is 0 Å². The standard InChI is InChI=1S/C26H26FN5O4/c1-17-14-20(29-25(34)31-24(33)15-18-4-6-19(27)7-5-18)8-9-22(17)36-21-10-11-28-23(16-21)30-26(35)32-12-2-3-13-32/h4-11,14,16H,2-3,12-13,15H2,1H3,(H,28,30,35)(H2,29,31,33,34). The lowest BCUT2D eigenvalue weighted by atomic mass is 10.1. The summed E-state index contributed by atoms with van der Waals surface area (Å²) in [5.74, 6) is 0.530. The number of hydrogen-bond donors (Lipinski definition) is 3. The number of carbonyl (C=O) groups excluding carboxylic acids is 3. The molecule has 0 radical (unpaired) electrons. The Morgan fingerprint density at radius 1 is 1.00 bits per heavy atom. The summed E-state index contributed by atoms with van der Waals surface area (Å²) in [6.45, 7) is 3.29. The highest BCUT2D eigenvalue weighted by Crippen LogP contribution is 2.28. The number of benzene rings is 2. The number of likely N-dealkylation sites (tertiary alicyclic amines) is 1. The van der Waals surface area contributed by atoms with Gasteiger partial charge in [-0.3, -0.25) is 15.4 Å². The first kappa shape index (κ1) is 24.6.